The van der Waals surface area contributed by atoms with E-state index in [1.165, 1.54) is 0 Å². The first kappa shape index (κ1) is 21.2. The lowest BCUT2D eigenvalue weighted by molar-refractivity contribution is -0.133. The van der Waals surface area contributed by atoms with Crippen molar-refractivity contribution in [3.63, 3.8) is 0 Å². The Morgan fingerprint density at radius 3 is 2.55 bits per heavy atom. The average Bonchev–Trinajstić information content (AvgIpc) is 3.52. The van der Waals surface area contributed by atoms with E-state index < -0.39 is 5.97 Å². The van der Waals surface area contributed by atoms with Gasteiger partial charge in [-0.1, -0.05) is 30.3 Å². The van der Waals surface area contributed by atoms with Crippen LogP contribution in [0.1, 0.15) is 46.4 Å². The summed E-state index contributed by atoms with van der Waals surface area (Å²) in [7, 11) is 1.65. The highest BCUT2D eigenvalue weighted by Crippen LogP contribution is 2.38. The number of ether oxygens (including phenoxy) is 2. The van der Waals surface area contributed by atoms with E-state index in [-0.39, 0.29) is 12.5 Å². The molecule has 0 unspecified atom stereocenters. The number of hydrogen-bond donors (Lipinski definition) is 0. The van der Waals surface area contributed by atoms with Gasteiger partial charge in [0.15, 0.2) is 6.61 Å². The monoisotopic (exact) mass is 442 g/mol. The minimum Gasteiger partial charge on any atom is -0.497 e. The first-order valence-corrected chi connectivity index (χ1v) is 11.4. The fourth-order valence-corrected chi connectivity index (χ4v) is 4.67. The van der Waals surface area contributed by atoms with Crippen LogP contribution < -0.4 is 4.74 Å². The third-order valence-electron chi connectivity index (χ3n) is 6.39. The maximum atomic E-state index is 13.2. The lowest BCUT2D eigenvalue weighted by Crippen LogP contribution is -2.32. The summed E-state index contributed by atoms with van der Waals surface area (Å²) in [5.74, 6) is 0.223. The summed E-state index contributed by atoms with van der Waals surface area (Å²) in [6.07, 6.45) is 5.62. The molecule has 1 saturated heterocycles. The van der Waals surface area contributed by atoms with Crippen molar-refractivity contribution in [2.24, 2.45) is 0 Å². The summed E-state index contributed by atoms with van der Waals surface area (Å²) < 4.78 is 10.8. The molecule has 2 heterocycles. The van der Waals surface area contributed by atoms with E-state index in [1.807, 2.05) is 48.5 Å². The average molecular weight is 443 g/mol. The number of carbonyl (C=O) groups is 2. The normalized spacial score (nSPS) is 16.3. The van der Waals surface area contributed by atoms with E-state index in [4.69, 9.17) is 14.5 Å². The van der Waals surface area contributed by atoms with Gasteiger partial charge in [0.1, 0.15) is 5.75 Å². The topological polar surface area (TPSA) is 68.7 Å². The van der Waals surface area contributed by atoms with Crippen molar-refractivity contribution in [3.8, 4) is 5.75 Å². The van der Waals surface area contributed by atoms with E-state index in [1.54, 1.807) is 12.0 Å². The first-order valence-electron chi connectivity index (χ1n) is 11.4. The summed E-state index contributed by atoms with van der Waals surface area (Å²) in [5, 5.41) is 0.764. The van der Waals surface area contributed by atoms with Crippen molar-refractivity contribution in [3.05, 3.63) is 70.9 Å². The molecule has 1 aromatic heterocycles. The Hall–Kier alpha value is -3.67. The number of esters is 1. The Morgan fingerprint density at radius 2 is 1.79 bits per heavy atom. The van der Waals surface area contributed by atoms with Gasteiger partial charge in [0.05, 0.1) is 23.9 Å². The van der Waals surface area contributed by atoms with Gasteiger partial charge in [-0.3, -0.25) is 4.79 Å². The Balaban J connectivity index is 1.48. The molecular formula is C27H26N2O4. The summed E-state index contributed by atoms with van der Waals surface area (Å²) in [4.78, 5) is 32.3. The Kier molecular flexibility index (Phi) is 5.82. The van der Waals surface area contributed by atoms with Gasteiger partial charge < -0.3 is 14.4 Å². The van der Waals surface area contributed by atoms with Crippen molar-refractivity contribution in [2.45, 2.75) is 25.7 Å². The Bertz CT molecular complexity index is 1240. The number of carbonyl (C=O) groups excluding carboxylic acids is 2. The van der Waals surface area contributed by atoms with Crippen molar-refractivity contribution in [1.82, 2.24) is 9.88 Å². The number of pyridine rings is 1. The van der Waals surface area contributed by atoms with Crippen molar-refractivity contribution >= 4 is 34.4 Å². The van der Waals surface area contributed by atoms with E-state index in [0.717, 1.165) is 71.4 Å². The van der Waals surface area contributed by atoms with E-state index >= 15 is 0 Å². The number of aromatic nitrogens is 1. The smallest absolute Gasteiger partial charge is 0.339 e. The number of likely N-dealkylation sites (tertiary alicyclic amines) is 1. The van der Waals surface area contributed by atoms with E-state index in [9.17, 15) is 9.59 Å². The number of para-hydroxylation sites is 1. The summed E-state index contributed by atoms with van der Waals surface area (Å²) in [6.45, 7) is 1.26. The molecule has 5 rings (SSSR count). The SMILES string of the molecule is COc1ccc(C=C2CCc3c2nc2ccccc2c3C(=O)OCC(=O)N2CCCC2)cc1. The zero-order valence-corrected chi connectivity index (χ0v) is 18.7. The number of methoxy groups -OCH3 is 1. The summed E-state index contributed by atoms with van der Waals surface area (Å²) in [6, 6.07) is 15.5. The van der Waals surface area contributed by atoms with Crippen LogP contribution >= 0.6 is 0 Å². The Labute approximate surface area is 192 Å². The predicted molar refractivity (Wildman–Crippen MR) is 127 cm³/mol. The number of benzene rings is 2. The molecule has 33 heavy (non-hydrogen) atoms. The molecule has 1 aliphatic carbocycles. The zero-order valence-electron chi connectivity index (χ0n) is 18.7. The molecule has 1 amide bonds. The largest absolute Gasteiger partial charge is 0.497 e. The van der Waals surface area contributed by atoms with Gasteiger partial charge in [-0.2, -0.15) is 0 Å². The number of nitrogens with zero attached hydrogens (tertiary/aromatic N) is 2. The molecule has 2 aromatic carbocycles. The van der Waals surface area contributed by atoms with Crippen molar-refractivity contribution in [2.75, 3.05) is 26.8 Å². The van der Waals surface area contributed by atoms with Gasteiger partial charge in [-0.05, 0) is 66.7 Å². The molecule has 6 nitrogen and oxygen atoms in total. The van der Waals surface area contributed by atoms with Crippen molar-refractivity contribution < 1.29 is 19.1 Å². The van der Waals surface area contributed by atoms with Gasteiger partial charge in [0.25, 0.3) is 5.91 Å². The van der Waals surface area contributed by atoms with Crippen molar-refractivity contribution in [1.29, 1.82) is 0 Å². The fourth-order valence-electron chi connectivity index (χ4n) is 4.67. The highest BCUT2D eigenvalue weighted by molar-refractivity contribution is 6.07. The molecule has 0 N–H and O–H groups in total. The van der Waals surface area contributed by atoms with Crippen LogP contribution in [0.15, 0.2) is 48.5 Å². The third kappa shape index (κ3) is 4.21. The molecule has 0 bridgehead atoms. The third-order valence-corrected chi connectivity index (χ3v) is 6.39. The van der Waals surface area contributed by atoms with Crippen LogP contribution in [-0.4, -0.2) is 48.6 Å². The van der Waals surface area contributed by atoms with Gasteiger partial charge in [0, 0.05) is 18.5 Å². The standard InChI is InChI=1S/C27H26N2O4/c1-32-20-11-8-18(9-12-20)16-19-10-13-22-25(21-6-2-3-7-23(21)28-26(19)22)27(31)33-17-24(30)29-14-4-5-15-29/h2-3,6-9,11-12,16H,4-5,10,13-15,17H2,1H3. The van der Waals surface area contributed by atoms with E-state index in [2.05, 4.69) is 6.08 Å². The fraction of sp³-hybridized carbons (Fsp3) is 0.296. The number of hydrogen-bond acceptors (Lipinski definition) is 5. The summed E-state index contributed by atoms with van der Waals surface area (Å²) >= 11 is 0. The second-order valence-corrected chi connectivity index (χ2v) is 8.44. The van der Waals surface area contributed by atoms with Gasteiger partial charge >= 0.3 is 5.97 Å². The van der Waals surface area contributed by atoms with Crippen LogP contribution in [0, 0.1) is 0 Å². The maximum Gasteiger partial charge on any atom is 0.339 e. The molecule has 0 spiro atoms. The first-order chi connectivity index (χ1) is 16.1. The van der Waals surface area contributed by atoms with Crippen LogP contribution in [0.25, 0.3) is 22.6 Å². The van der Waals surface area contributed by atoms with Crippen LogP contribution in [-0.2, 0) is 16.0 Å². The molecule has 0 saturated carbocycles. The molecule has 0 atom stereocenters. The molecule has 1 aliphatic heterocycles. The zero-order chi connectivity index (χ0) is 22.8. The molecular weight excluding hydrogens is 416 g/mol. The van der Waals surface area contributed by atoms with Crippen LogP contribution in [0.4, 0.5) is 0 Å². The maximum absolute atomic E-state index is 13.2. The minimum atomic E-state index is -0.455. The molecule has 2 aliphatic rings. The highest BCUT2D eigenvalue weighted by atomic mass is 16.5. The number of fused-ring (bicyclic) bond motifs is 2. The predicted octanol–water partition coefficient (Wildman–Crippen LogP) is 4.51. The molecule has 0 radical (unpaired) electrons. The van der Waals surface area contributed by atoms with Crippen LogP contribution in [0.5, 0.6) is 5.75 Å². The Morgan fingerprint density at radius 1 is 1.03 bits per heavy atom. The minimum absolute atomic E-state index is 0.129. The molecule has 168 valence electrons. The molecule has 3 aromatic rings. The highest BCUT2D eigenvalue weighted by Gasteiger charge is 2.28. The molecule has 6 heteroatoms. The van der Waals surface area contributed by atoms with E-state index in [0.29, 0.717) is 12.0 Å². The quantitative estimate of drug-likeness (QED) is 0.544. The van der Waals surface area contributed by atoms with Gasteiger partial charge in [0.2, 0.25) is 0 Å². The molecule has 1 fully saturated rings. The summed E-state index contributed by atoms with van der Waals surface area (Å²) in [5.41, 5.74) is 5.14. The second kappa shape index (κ2) is 9.06. The van der Waals surface area contributed by atoms with Crippen LogP contribution in [0.2, 0.25) is 0 Å². The number of rotatable bonds is 5. The lowest BCUT2D eigenvalue weighted by Gasteiger charge is -2.16. The second-order valence-electron chi connectivity index (χ2n) is 8.44. The van der Waals surface area contributed by atoms with Gasteiger partial charge in [-0.25, -0.2) is 9.78 Å². The lowest BCUT2D eigenvalue weighted by atomic mass is 10.0. The number of amides is 1. The van der Waals surface area contributed by atoms with Crippen LogP contribution in [0.3, 0.4) is 0 Å². The van der Waals surface area contributed by atoms with Gasteiger partial charge in [-0.15, -0.1) is 0 Å². The number of allylic oxidation sites excluding steroid dienone is 1.